The maximum Gasteiger partial charge on any atom is 0.268 e. The molecule has 1 amide bonds. The molecule has 0 fully saturated rings. The van der Waals surface area contributed by atoms with Crippen molar-refractivity contribution in [2.24, 2.45) is 5.92 Å². The minimum atomic E-state index is -1.12. The molecule has 1 N–H and O–H groups in total. The first kappa shape index (κ1) is 17.6. The lowest BCUT2D eigenvalue weighted by Crippen LogP contribution is -2.49. The van der Waals surface area contributed by atoms with Gasteiger partial charge >= 0.3 is 0 Å². The summed E-state index contributed by atoms with van der Waals surface area (Å²) in [4.78, 5) is 26.7. The van der Waals surface area contributed by atoms with E-state index < -0.39 is 29.4 Å². The molecule has 2 atom stereocenters. The molecular formula is C20H17F2NO4. The van der Waals surface area contributed by atoms with E-state index in [0.29, 0.717) is 12.0 Å². The Hall–Kier alpha value is -2.80. The van der Waals surface area contributed by atoms with Gasteiger partial charge in [-0.05, 0) is 36.2 Å². The summed E-state index contributed by atoms with van der Waals surface area (Å²) in [7, 11) is 0. The number of fused-ring (bicyclic) bond motifs is 2. The number of carbonyl (C=O) groups excluding carboxylic acids is 2. The van der Waals surface area contributed by atoms with E-state index in [1.54, 1.807) is 12.1 Å². The SMILES string of the molecule is O=C1CC(C(=O)N2CC(CO)Cc3cccc(F)c32)Oc2ccc(F)cc21. The van der Waals surface area contributed by atoms with E-state index in [4.69, 9.17) is 4.74 Å². The first-order chi connectivity index (χ1) is 13.0. The molecule has 0 aromatic heterocycles. The Morgan fingerprint density at radius 1 is 1.22 bits per heavy atom. The second-order valence-electron chi connectivity index (χ2n) is 6.82. The van der Waals surface area contributed by atoms with Gasteiger partial charge in [0.25, 0.3) is 5.91 Å². The van der Waals surface area contributed by atoms with E-state index in [1.165, 1.54) is 17.0 Å². The highest BCUT2D eigenvalue weighted by Crippen LogP contribution is 2.35. The Bertz CT molecular complexity index is 930. The normalized spacial score (nSPS) is 21.3. The number of aliphatic hydroxyl groups is 1. The second kappa shape index (κ2) is 6.74. The van der Waals surface area contributed by atoms with Crippen molar-refractivity contribution in [2.45, 2.75) is 18.9 Å². The summed E-state index contributed by atoms with van der Waals surface area (Å²) in [6, 6.07) is 8.08. The van der Waals surface area contributed by atoms with Crippen LogP contribution in [0.5, 0.6) is 5.75 Å². The number of rotatable bonds is 2. The third-order valence-corrected chi connectivity index (χ3v) is 4.97. The third-order valence-electron chi connectivity index (χ3n) is 4.97. The maximum absolute atomic E-state index is 14.4. The van der Waals surface area contributed by atoms with Gasteiger partial charge < -0.3 is 14.7 Å². The maximum atomic E-state index is 14.4. The highest BCUT2D eigenvalue weighted by molar-refractivity contribution is 6.06. The number of halogens is 2. The van der Waals surface area contributed by atoms with Crippen molar-refractivity contribution in [1.82, 2.24) is 0 Å². The number of anilines is 1. The number of Topliss-reactive ketones (excluding diaryl/α,β-unsaturated/α-hetero) is 1. The molecule has 4 rings (SSSR count). The Morgan fingerprint density at radius 3 is 2.81 bits per heavy atom. The number of carbonyl (C=O) groups is 2. The molecule has 2 aromatic rings. The average Bonchev–Trinajstić information content (AvgIpc) is 2.67. The lowest BCUT2D eigenvalue weighted by Gasteiger charge is -2.36. The van der Waals surface area contributed by atoms with Crippen LogP contribution in [0.3, 0.4) is 0 Å². The van der Waals surface area contributed by atoms with Crippen LogP contribution in [0.25, 0.3) is 0 Å². The molecule has 2 aliphatic heterocycles. The predicted octanol–water partition coefficient (Wildman–Crippen LogP) is 2.50. The minimum absolute atomic E-state index is 0.0949. The summed E-state index contributed by atoms with van der Waals surface area (Å²) in [6.07, 6.45) is -0.917. The quantitative estimate of drug-likeness (QED) is 0.878. The van der Waals surface area contributed by atoms with Gasteiger partial charge in [0.05, 0.1) is 17.7 Å². The summed E-state index contributed by atoms with van der Waals surface area (Å²) in [6.45, 7) is -0.0140. The van der Waals surface area contributed by atoms with E-state index in [9.17, 15) is 23.5 Å². The van der Waals surface area contributed by atoms with Crippen LogP contribution in [-0.2, 0) is 11.2 Å². The molecule has 2 aliphatic rings. The Balaban J connectivity index is 1.67. The van der Waals surface area contributed by atoms with E-state index in [-0.39, 0.29) is 42.5 Å². The fourth-order valence-corrected chi connectivity index (χ4v) is 3.68. The number of para-hydroxylation sites is 1. The van der Waals surface area contributed by atoms with Crippen LogP contribution in [0.15, 0.2) is 36.4 Å². The Labute approximate surface area is 154 Å². The van der Waals surface area contributed by atoms with Gasteiger partial charge in [-0.3, -0.25) is 9.59 Å². The highest BCUT2D eigenvalue weighted by Gasteiger charge is 2.38. The van der Waals surface area contributed by atoms with Crippen molar-refractivity contribution in [3.63, 3.8) is 0 Å². The van der Waals surface area contributed by atoms with Crippen molar-refractivity contribution in [3.05, 3.63) is 59.2 Å². The Kier molecular flexibility index (Phi) is 4.39. The van der Waals surface area contributed by atoms with Gasteiger partial charge in [0, 0.05) is 19.1 Å². The fraction of sp³-hybridized carbons (Fsp3) is 0.300. The molecule has 0 bridgehead atoms. The fourth-order valence-electron chi connectivity index (χ4n) is 3.68. The standard InChI is InChI=1S/C20H17F2NO4/c21-13-4-5-17-14(7-13)16(25)8-18(27-17)20(26)23-9-11(10-24)6-12-2-1-3-15(22)19(12)23/h1-5,7,11,18,24H,6,8-10H2. The molecule has 7 heteroatoms. The number of hydrogen-bond acceptors (Lipinski definition) is 4. The molecule has 0 radical (unpaired) electrons. The number of hydrogen-bond donors (Lipinski definition) is 1. The van der Waals surface area contributed by atoms with Crippen LogP contribution in [0.1, 0.15) is 22.3 Å². The topological polar surface area (TPSA) is 66.8 Å². The second-order valence-corrected chi connectivity index (χ2v) is 6.82. The van der Waals surface area contributed by atoms with Crippen molar-refractivity contribution in [2.75, 3.05) is 18.1 Å². The molecule has 0 saturated heterocycles. The summed E-state index contributed by atoms with van der Waals surface area (Å²) >= 11 is 0. The predicted molar refractivity (Wildman–Crippen MR) is 92.8 cm³/mol. The van der Waals surface area contributed by atoms with Crippen LogP contribution in [0.4, 0.5) is 14.5 Å². The van der Waals surface area contributed by atoms with Gasteiger partial charge in [0.2, 0.25) is 0 Å². The minimum Gasteiger partial charge on any atom is -0.479 e. The number of benzene rings is 2. The number of amides is 1. The summed E-state index contributed by atoms with van der Waals surface area (Å²) in [5.41, 5.74) is 0.879. The van der Waals surface area contributed by atoms with E-state index in [2.05, 4.69) is 0 Å². The van der Waals surface area contributed by atoms with E-state index in [0.717, 1.165) is 12.1 Å². The van der Waals surface area contributed by atoms with Gasteiger partial charge in [0.15, 0.2) is 11.9 Å². The summed E-state index contributed by atoms with van der Waals surface area (Å²) in [5, 5.41) is 9.54. The molecule has 27 heavy (non-hydrogen) atoms. The zero-order valence-corrected chi connectivity index (χ0v) is 14.3. The Morgan fingerprint density at radius 2 is 2.04 bits per heavy atom. The lowest BCUT2D eigenvalue weighted by atomic mass is 9.91. The van der Waals surface area contributed by atoms with Gasteiger partial charge in [-0.15, -0.1) is 0 Å². The van der Waals surface area contributed by atoms with Crippen molar-refractivity contribution >= 4 is 17.4 Å². The summed E-state index contributed by atoms with van der Waals surface area (Å²) in [5.74, 6) is -2.16. The van der Waals surface area contributed by atoms with Gasteiger partial charge in [-0.1, -0.05) is 12.1 Å². The number of ketones is 1. The third kappa shape index (κ3) is 3.08. The van der Waals surface area contributed by atoms with Crippen LogP contribution in [0.2, 0.25) is 0 Å². The number of nitrogens with zero attached hydrogens (tertiary/aromatic N) is 1. The first-order valence-corrected chi connectivity index (χ1v) is 8.67. The van der Waals surface area contributed by atoms with E-state index >= 15 is 0 Å². The molecule has 0 saturated carbocycles. The van der Waals surface area contributed by atoms with Crippen LogP contribution in [-0.4, -0.2) is 36.1 Å². The number of aliphatic hydroxyl groups excluding tert-OH is 1. The molecule has 0 spiro atoms. The van der Waals surface area contributed by atoms with Crippen molar-refractivity contribution in [3.8, 4) is 5.75 Å². The van der Waals surface area contributed by atoms with Crippen molar-refractivity contribution < 1.29 is 28.2 Å². The smallest absolute Gasteiger partial charge is 0.268 e. The molecule has 2 heterocycles. The molecule has 0 aliphatic carbocycles. The molecule has 2 aromatic carbocycles. The van der Waals surface area contributed by atoms with Crippen LogP contribution >= 0.6 is 0 Å². The monoisotopic (exact) mass is 373 g/mol. The molecule has 140 valence electrons. The molecular weight excluding hydrogens is 356 g/mol. The average molecular weight is 373 g/mol. The highest BCUT2D eigenvalue weighted by atomic mass is 19.1. The van der Waals surface area contributed by atoms with E-state index in [1.807, 2.05) is 0 Å². The zero-order chi connectivity index (χ0) is 19.1. The van der Waals surface area contributed by atoms with Gasteiger partial charge in [0.1, 0.15) is 17.4 Å². The number of ether oxygens (including phenoxy) is 1. The largest absolute Gasteiger partial charge is 0.479 e. The zero-order valence-electron chi connectivity index (χ0n) is 14.3. The van der Waals surface area contributed by atoms with Gasteiger partial charge in [-0.25, -0.2) is 8.78 Å². The first-order valence-electron chi connectivity index (χ1n) is 8.67. The van der Waals surface area contributed by atoms with Crippen LogP contribution < -0.4 is 9.64 Å². The summed E-state index contributed by atoms with van der Waals surface area (Å²) < 4.78 is 33.4. The van der Waals surface area contributed by atoms with Crippen molar-refractivity contribution in [1.29, 1.82) is 0 Å². The molecule has 2 unspecified atom stereocenters. The van der Waals surface area contributed by atoms with Gasteiger partial charge in [-0.2, -0.15) is 0 Å². The van der Waals surface area contributed by atoms with Crippen LogP contribution in [0, 0.1) is 17.6 Å². The lowest BCUT2D eigenvalue weighted by molar-refractivity contribution is -0.125. The molecule has 5 nitrogen and oxygen atoms in total.